The minimum Gasteiger partial charge on any atom is -0.378 e. The SMILES string of the molecule is CCC1(CC)CCC(F)/C=N\C(C(C(=O)NC2CNCC(C)C2N2CCN(C3COC3)CC2)C(N)N)C1. The number of aliphatic imine (C=N–C) groups is 1. The van der Waals surface area contributed by atoms with E-state index in [1.54, 1.807) is 0 Å². The number of alkyl halides is 1. The first kappa shape index (κ1) is 28.8. The van der Waals surface area contributed by atoms with E-state index < -0.39 is 24.3 Å². The van der Waals surface area contributed by atoms with E-state index in [0.29, 0.717) is 31.3 Å². The largest absolute Gasteiger partial charge is 0.378 e. The van der Waals surface area contributed by atoms with Crippen LogP contribution in [0.2, 0.25) is 0 Å². The lowest BCUT2D eigenvalue weighted by molar-refractivity contribution is -0.128. The van der Waals surface area contributed by atoms with Crippen molar-refractivity contribution >= 4 is 12.1 Å². The van der Waals surface area contributed by atoms with Gasteiger partial charge in [-0.2, -0.15) is 0 Å². The third-order valence-electron chi connectivity index (χ3n) is 9.72. The zero-order valence-electron chi connectivity index (χ0n) is 23.1. The number of hydrogen-bond donors (Lipinski definition) is 4. The number of hydrogen-bond acceptors (Lipinski definition) is 8. The first-order valence-corrected chi connectivity index (χ1v) is 14.5. The summed E-state index contributed by atoms with van der Waals surface area (Å²) in [6, 6.07) is 0.311. The van der Waals surface area contributed by atoms with Crippen LogP contribution in [0, 0.1) is 17.3 Å². The smallest absolute Gasteiger partial charge is 0.228 e. The summed E-state index contributed by atoms with van der Waals surface area (Å²) >= 11 is 0. The van der Waals surface area contributed by atoms with Gasteiger partial charge in [0.25, 0.3) is 0 Å². The number of amides is 1. The van der Waals surface area contributed by atoms with Crippen molar-refractivity contribution in [2.45, 2.75) is 89.4 Å². The molecule has 3 saturated heterocycles. The average Bonchev–Trinajstić information content (AvgIpc) is 2.83. The van der Waals surface area contributed by atoms with Gasteiger partial charge >= 0.3 is 0 Å². The maximum absolute atomic E-state index is 14.5. The topological polar surface area (TPSA) is 121 Å². The van der Waals surface area contributed by atoms with Crippen LogP contribution in [0.15, 0.2) is 4.99 Å². The van der Waals surface area contributed by atoms with Crippen LogP contribution in [0.3, 0.4) is 0 Å². The molecule has 0 saturated carbocycles. The number of piperidine rings is 1. The van der Waals surface area contributed by atoms with Gasteiger partial charge in [0.1, 0.15) is 6.17 Å². The predicted octanol–water partition coefficient (Wildman–Crippen LogP) is 0.723. The van der Waals surface area contributed by atoms with Gasteiger partial charge in [-0.1, -0.05) is 33.6 Å². The highest BCUT2D eigenvalue weighted by molar-refractivity contribution is 5.81. The second-order valence-corrected chi connectivity index (χ2v) is 11.9. The lowest BCUT2D eigenvalue weighted by Crippen LogP contribution is -2.68. The van der Waals surface area contributed by atoms with Gasteiger partial charge in [0.15, 0.2) is 0 Å². The van der Waals surface area contributed by atoms with Gasteiger partial charge < -0.3 is 26.8 Å². The zero-order chi connectivity index (χ0) is 26.6. The van der Waals surface area contributed by atoms with E-state index in [4.69, 9.17) is 16.2 Å². The van der Waals surface area contributed by atoms with E-state index in [9.17, 15) is 9.18 Å². The van der Waals surface area contributed by atoms with E-state index in [2.05, 4.69) is 46.2 Å². The highest BCUT2D eigenvalue weighted by Crippen LogP contribution is 2.41. The maximum Gasteiger partial charge on any atom is 0.228 e. The van der Waals surface area contributed by atoms with Gasteiger partial charge in [0.05, 0.1) is 43.4 Å². The molecule has 0 aromatic rings. The molecule has 3 fully saturated rings. The molecule has 4 heterocycles. The van der Waals surface area contributed by atoms with Crippen LogP contribution < -0.4 is 22.1 Å². The molecule has 0 aromatic carbocycles. The second-order valence-electron chi connectivity index (χ2n) is 11.9. The molecule has 212 valence electrons. The van der Waals surface area contributed by atoms with Gasteiger partial charge in [-0.05, 0) is 37.1 Å². The molecule has 6 atom stereocenters. The Morgan fingerprint density at radius 1 is 1.19 bits per heavy atom. The van der Waals surface area contributed by atoms with Crippen LogP contribution >= 0.6 is 0 Å². The summed E-state index contributed by atoms with van der Waals surface area (Å²) in [6.45, 7) is 13.9. The quantitative estimate of drug-likeness (QED) is 0.346. The minimum absolute atomic E-state index is 0.0512. The third kappa shape index (κ3) is 6.70. The van der Waals surface area contributed by atoms with Crippen molar-refractivity contribution in [1.29, 1.82) is 0 Å². The van der Waals surface area contributed by atoms with Gasteiger partial charge in [-0.25, -0.2) is 4.39 Å². The molecule has 1 amide bonds. The Hall–Kier alpha value is -1.17. The number of halogens is 1. The summed E-state index contributed by atoms with van der Waals surface area (Å²) in [7, 11) is 0. The number of nitrogens with two attached hydrogens (primary N) is 2. The number of carbonyl (C=O) groups is 1. The number of nitrogens with one attached hydrogen (secondary N) is 2. The summed E-state index contributed by atoms with van der Waals surface area (Å²) in [6.07, 6.45) is 3.19. The summed E-state index contributed by atoms with van der Waals surface area (Å²) in [5, 5.41) is 6.84. The first-order chi connectivity index (χ1) is 17.8. The van der Waals surface area contributed by atoms with Crippen molar-refractivity contribution in [3.8, 4) is 0 Å². The molecule has 4 aliphatic heterocycles. The normalized spacial score (nSPS) is 35.8. The van der Waals surface area contributed by atoms with E-state index in [0.717, 1.165) is 65.2 Å². The second kappa shape index (κ2) is 12.8. The standard InChI is InChI=1S/C27H50FN7O2/c1-4-27(5-2)7-6-19(28)14-32-21(12-27)23(25(29)30)26(36)33-22-15-31-13-18(3)24(22)35-10-8-34(9-11-35)20-16-37-17-20/h14,18-25,31H,4-13,15-17,29-30H2,1-3H3,(H,33,36)/b32-14-. The molecule has 9 nitrogen and oxygen atoms in total. The molecular formula is C27H50FN7O2. The van der Waals surface area contributed by atoms with E-state index in [1.165, 1.54) is 6.21 Å². The average molecular weight is 524 g/mol. The number of rotatable bonds is 8. The molecular weight excluding hydrogens is 473 g/mol. The van der Waals surface area contributed by atoms with Crippen molar-refractivity contribution in [3.05, 3.63) is 0 Å². The summed E-state index contributed by atoms with van der Waals surface area (Å²) in [5.74, 6) is -0.472. The number of ether oxygens (including phenoxy) is 1. The number of nitrogens with zero attached hydrogens (tertiary/aromatic N) is 3. The van der Waals surface area contributed by atoms with Gasteiger partial charge in [-0.15, -0.1) is 0 Å². The van der Waals surface area contributed by atoms with Gasteiger partial charge in [0, 0.05) is 45.0 Å². The fourth-order valence-corrected chi connectivity index (χ4v) is 7.01. The van der Waals surface area contributed by atoms with Crippen molar-refractivity contribution in [2.24, 2.45) is 33.7 Å². The highest BCUT2D eigenvalue weighted by Gasteiger charge is 2.43. The Balaban J connectivity index is 1.47. The Morgan fingerprint density at radius 2 is 1.86 bits per heavy atom. The van der Waals surface area contributed by atoms with Gasteiger partial charge in [0.2, 0.25) is 5.91 Å². The summed E-state index contributed by atoms with van der Waals surface area (Å²) in [5.41, 5.74) is 12.4. The van der Waals surface area contributed by atoms with E-state index >= 15 is 0 Å². The molecule has 6 unspecified atom stereocenters. The molecule has 0 aliphatic carbocycles. The van der Waals surface area contributed by atoms with Crippen LogP contribution in [0.4, 0.5) is 4.39 Å². The first-order valence-electron chi connectivity index (χ1n) is 14.5. The molecule has 4 aliphatic rings. The van der Waals surface area contributed by atoms with Crippen LogP contribution in [-0.4, -0.2) is 111 Å². The van der Waals surface area contributed by atoms with Gasteiger partial charge in [-0.3, -0.25) is 19.6 Å². The monoisotopic (exact) mass is 523 g/mol. The van der Waals surface area contributed by atoms with Crippen LogP contribution in [0.25, 0.3) is 0 Å². The Bertz CT molecular complexity index is 768. The van der Waals surface area contributed by atoms with Crippen LogP contribution in [0.1, 0.15) is 52.9 Å². The number of piperazine rings is 1. The maximum atomic E-state index is 14.5. The predicted molar refractivity (Wildman–Crippen MR) is 145 cm³/mol. The lowest BCUT2D eigenvalue weighted by atomic mass is 9.70. The zero-order valence-corrected chi connectivity index (χ0v) is 23.1. The van der Waals surface area contributed by atoms with E-state index in [1.807, 2.05) is 0 Å². The summed E-state index contributed by atoms with van der Waals surface area (Å²) in [4.78, 5) is 23.5. The highest BCUT2D eigenvalue weighted by atomic mass is 19.1. The van der Waals surface area contributed by atoms with Crippen molar-refractivity contribution in [3.63, 3.8) is 0 Å². The molecule has 6 N–H and O–H groups in total. The molecule has 10 heteroatoms. The molecule has 0 radical (unpaired) electrons. The van der Waals surface area contributed by atoms with Crippen molar-refractivity contribution in [2.75, 3.05) is 52.5 Å². The minimum atomic E-state index is -1.10. The van der Waals surface area contributed by atoms with Crippen molar-refractivity contribution in [1.82, 2.24) is 20.4 Å². The lowest BCUT2D eigenvalue weighted by Gasteiger charge is -2.49. The van der Waals surface area contributed by atoms with Crippen molar-refractivity contribution < 1.29 is 13.9 Å². The summed E-state index contributed by atoms with van der Waals surface area (Å²) < 4.78 is 19.9. The molecule has 4 rings (SSSR count). The van der Waals surface area contributed by atoms with E-state index in [-0.39, 0.29) is 23.4 Å². The fraction of sp³-hybridized carbons (Fsp3) is 0.926. The molecule has 0 spiro atoms. The molecule has 0 bridgehead atoms. The Kier molecular flexibility index (Phi) is 9.96. The Morgan fingerprint density at radius 3 is 2.46 bits per heavy atom. The van der Waals surface area contributed by atoms with Crippen LogP contribution in [0.5, 0.6) is 0 Å². The third-order valence-corrected chi connectivity index (χ3v) is 9.72. The number of carbonyl (C=O) groups excluding carboxylic acids is 1. The molecule has 0 aromatic heterocycles. The molecule has 37 heavy (non-hydrogen) atoms. The fourth-order valence-electron chi connectivity index (χ4n) is 7.01. The Labute approximate surface area is 222 Å². The van der Waals surface area contributed by atoms with Crippen LogP contribution in [-0.2, 0) is 9.53 Å².